The zero-order valence-corrected chi connectivity index (χ0v) is 27.2. The third-order valence-corrected chi connectivity index (χ3v) is 12.6. The highest BCUT2D eigenvalue weighted by Crippen LogP contribution is 2.59. The lowest BCUT2D eigenvalue weighted by atomic mass is 9.25. The first kappa shape index (κ1) is 26.4. The topological polar surface area (TPSA) is 39.1 Å². The van der Waals surface area contributed by atoms with Crippen LogP contribution in [-0.2, 0) is 5.41 Å². The van der Waals surface area contributed by atoms with Crippen LogP contribution >= 0.6 is 0 Å². The van der Waals surface area contributed by atoms with Crippen molar-refractivity contribution in [3.05, 3.63) is 190 Å². The zero-order valence-electron chi connectivity index (χ0n) is 27.2. The molecule has 4 heterocycles. The van der Waals surface area contributed by atoms with Crippen molar-refractivity contribution in [3.63, 3.8) is 0 Å². The number of nitrogens with zero attached hydrogens (tertiary/aromatic N) is 1. The van der Waals surface area contributed by atoms with Crippen molar-refractivity contribution < 1.29 is 9.59 Å². The lowest BCUT2D eigenvalue weighted by Gasteiger charge is -2.47. The molecule has 0 saturated heterocycles. The van der Waals surface area contributed by atoms with Gasteiger partial charge in [0.1, 0.15) is 0 Å². The van der Waals surface area contributed by atoms with Gasteiger partial charge in [0, 0.05) is 38.6 Å². The Labute approximate surface area is 292 Å². The molecular formula is C47H24BNO2. The summed E-state index contributed by atoms with van der Waals surface area (Å²) in [6, 6.07) is 51.5. The Hall–Kier alpha value is -6.52. The molecular weight excluding hydrogens is 621 g/mol. The Bertz CT molecular complexity index is 3060. The van der Waals surface area contributed by atoms with Crippen LogP contribution in [0.5, 0.6) is 0 Å². The van der Waals surface area contributed by atoms with E-state index in [-0.39, 0.29) is 18.3 Å². The van der Waals surface area contributed by atoms with Crippen LogP contribution in [0.2, 0.25) is 0 Å². The van der Waals surface area contributed by atoms with Gasteiger partial charge in [-0.25, -0.2) is 0 Å². The highest BCUT2D eigenvalue weighted by atomic mass is 16.1. The number of aromatic nitrogens is 1. The minimum Gasteiger partial charge on any atom is -0.309 e. The predicted molar refractivity (Wildman–Crippen MR) is 206 cm³/mol. The fraction of sp³-hybridized carbons (Fsp3) is 0.0213. The molecule has 13 rings (SSSR count). The zero-order chi connectivity index (χ0) is 33.3. The molecule has 1 spiro atoms. The number of hydrogen-bond acceptors (Lipinski definition) is 2. The molecule has 1 aliphatic carbocycles. The van der Waals surface area contributed by atoms with Gasteiger partial charge in [0.05, 0.1) is 22.1 Å². The third kappa shape index (κ3) is 2.73. The second-order valence-electron chi connectivity index (χ2n) is 14.5. The van der Waals surface area contributed by atoms with E-state index in [4.69, 9.17) is 0 Å². The van der Waals surface area contributed by atoms with Crippen LogP contribution in [0.25, 0.3) is 49.0 Å². The van der Waals surface area contributed by atoms with Crippen LogP contribution in [0, 0.1) is 0 Å². The van der Waals surface area contributed by atoms with Crippen molar-refractivity contribution in [2.24, 2.45) is 0 Å². The fourth-order valence-corrected chi connectivity index (χ4v) is 10.9. The number of benzene rings is 8. The third-order valence-electron chi connectivity index (χ3n) is 12.6. The van der Waals surface area contributed by atoms with E-state index in [1.807, 2.05) is 30.3 Å². The monoisotopic (exact) mass is 645 g/mol. The molecule has 3 nitrogen and oxygen atoms in total. The first-order chi connectivity index (χ1) is 25.2. The SMILES string of the molecule is O=C1c2cccc3c2B2c4c1cccc4C1(c4cccc(c42)C3=O)c2cccc3ccc4ccc(-n5c6ccccc6c6ccccc65)c1c4c23. The van der Waals surface area contributed by atoms with Gasteiger partial charge in [-0.1, -0.05) is 138 Å². The Balaban J connectivity index is 1.30. The molecule has 1 aromatic heterocycles. The molecule has 0 bridgehead atoms. The standard InChI is InChI=1S/C47H24BNO2/c50-45-29-12-6-13-30-42(29)48-43-31(45)14-7-17-34(43)47(35-18-8-15-32(44(35)48)46(30)51)33-16-5-9-25-21-22-26-23-24-38(41(47)40(26)39(25)33)49-36-19-3-1-10-27(36)28-11-2-4-20-37(28)49/h1-24H. The van der Waals surface area contributed by atoms with E-state index in [0.717, 1.165) is 55.4 Å². The van der Waals surface area contributed by atoms with E-state index in [0.29, 0.717) is 11.1 Å². The summed E-state index contributed by atoms with van der Waals surface area (Å²) < 4.78 is 2.45. The molecule has 232 valence electrons. The number of carbonyl (C=O) groups excluding carboxylic acids is 2. The van der Waals surface area contributed by atoms with Crippen molar-refractivity contribution in [3.8, 4) is 5.69 Å². The van der Waals surface area contributed by atoms with Crippen molar-refractivity contribution in [1.82, 2.24) is 4.57 Å². The molecule has 4 heteroatoms. The summed E-state index contributed by atoms with van der Waals surface area (Å²) in [5, 5.41) is 7.27. The lowest BCUT2D eigenvalue weighted by Crippen LogP contribution is -2.69. The molecule has 0 saturated carbocycles. The summed E-state index contributed by atoms with van der Waals surface area (Å²) in [5.41, 5.74) is 13.1. The van der Waals surface area contributed by atoms with Crippen LogP contribution in [0.1, 0.15) is 54.1 Å². The maximum Gasteiger partial charge on any atom is 0.245 e. The Morgan fingerprint density at radius 1 is 0.431 bits per heavy atom. The van der Waals surface area contributed by atoms with Gasteiger partial charge >= 0.3 is 0 Å². The molecule has 0 N–H and O–H groups in total. The van der Waals surface area contributed by atoms with Crippen LogP contribution < -0.4 is 16.4 Å². The van der Waals surface area contributed by atoms with Crippen LogP contribution in [0.3, 0.4) is 0 Å². The Morgan fingerprint density at radius 2 is 0.922 bits per heavy atom. The molecule has 0 unspecified atom stereocenters. The van der Waals surface area contributed by atoms with E-state index in [1.165, 1.54) is 43.4 Å². The lowest BCUT2D eigenvalue weighted by molar-refractivity contribution is 0.103. The van der Waals surface area contributed by atoms with E-state index in [9.17, 15) is 9.59 Å². The normalized spacial score (nSPS) is 15.3. The molecule has 51 heavy (non-hydrogen) atoms. The first-order valence-electron chi connectivity index (χ1n) is 17.6. The number of rotatable bonds is 1. The number of carbonyl (C=O) groups is 2. The molecule has 8 aromatic carbocycles. The maximum atomic E-state index is 14.6. The predicted octanol–water partition coefficient (Wildman–Crippen LogP) is 7.70. The van der Waals surface area contributed by atoms with Crippen molar-refractivity contribution >= 4 is 78.0 Å². The summed E-state index contributed by atoms with van der Waals surface area (Å²) in [5.74, 6) is 0.000520. The number of ketones is 2. The van der Waals surface area contributed by atoms with Gasteiger partial charge in [0.15, 0.2) is 11.6 Å². The van der Waals surface area contributed by atoms with E-state index < -0.39 is 5.41 Å². The highest BCUT2D eigenvalue weighted by Gasteiger charge is 2.57. The van der Waals surface area contributed by atoms with Gasteiger partial charge in [-0.3, -0.25) is 9.59 Å². The average Bonchev–Trinajstić information content (AvgIpc) is 3.68. The summed E-state index contributed by atoms with van der Waals surface area (Å²) in [6.45, 7) is -0.201. The van der Waals surface area contributed by atoms with E-state index in [2.05, 4.69) is 120 Å². The Morgan fingerprint density at radius 3 is 1.55 bits per heavy atom. The van der Waals surface area contributed by atoms with Crippen LogP contribution in [-0.4, -0.2) is 22.8 Å². The molecule has 0 amide bonds. The van der Waals surface area contributed by atoms with Crippen molar-refractivity contribution in [2.75, 3.05) is 0 Å². The van der Waals surface area contributed by atoms with Gasteiger partial charge in [-0.15, -0.1) is 0 Å². The molecule has 3 aliphatic heterocycles. The van der Waals surface area contributed by atoms with Crippen molar-refractivity contribution in [2.45, 2.75) is 5.41 Å². The maximum absolute atomic E-state index is 14.6. The summed E-state index contributed by atoms with van der Waals surface area (Å²) in [4.78, 5) is 29.1. The quantitative estimate of drug-likeness (QED) is 0.136. The minimum atomic E-state index is -0.790. The van der Waals surface area contributed by atoms with Gasteiger partial charge in [0.25, 0.3) is 0 Å². The van der Waals surface area contributed by atoms with Crippen molar-refractivity contribution in [1.29, 1.82) is 0 Å². The summed E-state index contributed by atoms with van der Waals surface area (Å²) >= 11 is 0. The molecule has 0 atom stereocenters. The second kappa shape index (κ2) is 8.61. The first-order valence-corrected chi connectivity index (χ1v) is 17.6. The largest absolute Gasteiger partial charge is 0.309 e. The average molecular weight is 646 g/mol. The van der Waals surface area contributed by atoms with E-state index in [1.54, 1.807) is 0 Å². The number of para-hydroxylation sites is 2. The molecule has 4 aliphatic rings. The molecule has 0 fully saturated rings. The van der Waals surface area contributed by atoms with Gasteiger partial charge in [0.2, 0.25) is 6.71 Å². The minimum absolute atomic E-state index is 0.000260. The molecule has 0 radical (unpaired) electrons. The van der Waals surface area contributed by atoms with Gasteiger partial charge in [-0.05, 0) is 61.9 Å². The van der Waals surface area contributed by atoms with Crippen LogP contribution in [0.4, 0.5) is 0 Å². The second-order valence-corrected chi connectivity index (χ2v) is 14.5. The highest BCUT2D eigenvalue weighted by molar-refractivity contribution is 7.01. The smallest absolute Gasteiger partial charge is 0.245 e. The van der Waals surface area contributed by atoms with Gasteiger partial charge in [-0.2, -0.15) is 0 Å². The molecule has 9 aromatic rings. The number of fused-ring (bicyclic) bond motifs is 7. The fourth-order valence-electron chi connectivity index (χ4n) is 10.9. The van der Waals surface area contributed by atoms with E-state index >= 15 is 0 Å². The summed E-state index contributed by atoms with van der Waals surface area (Å²) in [6.07, 6.45) is 0. The summed E-state index contributed by atoms with van der Waals surface area (Å²) in [7, 11) is 0. The number of hydrogen-bond donors (Lipinski definition) is 0. The Kier molecular flexibility index (Phi) is 4.45. The van der Waals surface area contributed by atoms with Gasteiger partial charge < -0.3 is 4.57 Å². The van der Waals surface area contributed by atoms with Crippen LogP contribution in [0.15, 0.2) is 146 Å².